The second-order valence-electron chi connectivity index (χ2n) is 6.01. The van der Waals surface area contributed by atoms with E-state index in [0.29, 0.717) is 21.2 Å². The van der Waals surface area contributed by atoms with Crippen molar-refractivity contribution in [1.29, 1.82) is 0 Å². The highest BCUT2D eigenvalue weighted by molar-refractivity contribution is 9.10. The van der Waals surface area contributed by atoms with Crippen LogP contribution < -0.4 is 0 Å². The third-order valence-corrected chi connectivity index (χ3v) is 5.60. The third-order valence-electron chi connectivity index (χ3n) is 4.69. The Morgan fingerprint density at radius 3 is 2.75 bits per heavy atom. The van der Waals surface area contributed by atoms with E-state index >= 15 is 0 Å². The number of hydrogen-bond donors (Lipinski definition) is 1. The lowest BCUT2D eigenvalue weighted by atomic mass is 9.79. The molecule has 2 aromatic rings. The van der Waals surface area contributed by atoms with Crippen molar-refractivity contribution in [1.82, 2.24) is 9.55 Å². The van der Waals surface area contributed by atoms with Crippen LogP contribution in [0.2, 0.25) is 0 Å². The number of aromatic nitrogens is 2. The normalized spacial score (nSPS) is 27.1. The summed E-state index contributed by atoms with van der Waals surface area (Å²) in [5.41, 5.74) is 1.78. The van der Waals surface area contributed by atoms with Gasteiger partial charge in [-0.2, -0.15) is 0 Å². The van der Waals surface area contributed by atoms with Crippen LogP contribution in [0.5, 0.6) is 0 Å². The lowest BCUT2D eigenvalue weighted by Gasteiger charge is -2.33. The van der Waals surface area contributed by atoms with Crippen molar-refractivity contribution in [2.45, 2.75) is 39.2 Å². The number of aromatic amines is 1. The number of H-pyrrole nitrogens is 1. The van der Waals surface area contributed by atoms with E-state index in [2.05, 4.69) is 39.3 Å². The number of hydrogen-bond acceptors (Lipinski definition) is 1. The number of nitrogens with zero attached hydrogens (tertiary/aromatic N) is 1. The molecule has 20 heavy (non-hydrogen) atoms. The molecule has 0 amide bonds. The maximum Gasteiger partial charge on any atom is 0.178 e. The van der Waals surface area contributed by atoms with Crippen LogP contribution >= 0.6 is 28.1 Å². The Balaban J connectivity index is 2.09. The van der Waals surface area contributed by atoms with Crippen molar-refractivity contribution < 1.29 is 4.39 Å². The average molecular weight is 357 g/mol. The Morgan fingerprint density at radius 2 is 2.05 bits per heavy atom. The first-order valence-electron chi connectivity index (χ1n) is 7.06. The van der Waals surface area contributed by atoms with Gasteiger partial charge in [0, 0.05) is 12.1 Å². The van der Waals surface area contributed by atoms with Gasteiger partial charge >= 0.3 is 0 Å². The lowest BCUT2D eigenvalue weighted by Crippen LogP contribution is -2.23. The van der Waals surface area contributed by atoms with Gasteiger partial charge in [0.25, 0.3) is 0 Å². The molecule has 1 heterocycles. The summed E-state index contributed by atoms with van der Waals surface area (Å²) in [7, 11) is 0. The van der Waals surface area contributed by atoms with Gasteiger partial charge in [0.05, 0.1) is 15.5 Å². The van der Waals surface area contributed by atoms with Gasteiger partial charge in [-0.3, -0.25) is 0 Å². The fraction of sp³-hybridized carbons (Fsp3) is 0.533. The van der Waals surface area contributed by atoms with Gasteiger partial charge in [-0.1, -0.05) is 13.8 Å². The first-order chi connectivity index (χ1) is 9.47. The highest BCUT2D eigenvalue weighted by Gasteiger charge is 2.27. The van der Waals surface area contributed by atoms with Crippen molar-refractivity contribution in [3.8, 4) is 0 Å². The maximum absolute atomic E-state index is 13.8. The Morgan fingerprint density at radius 1 is 1.30 bits per heavy atom. The van der Waals surface area contributed by atoms with E-state index in [1.165, 1.54) is 6.42 Å². The molecule has 3 atom stereocenters. The molecule has 2 nitrogen and oxygen atoms in total. The molecule has 1 aliphatic carbocycles. The minimum Gasteiger partial charge on any atom is -0.331 e. The highest BCUT2D eigenvalue weighted by atomic mass is 79.9. The van der Waals surface area contributed by atoms with E-state index in [1.807, 2.05) is 0 Å². The zero-order valence-electron chi connectivity index (χ0n) is 11.6. The van der Waals surface area contributed by atoms with Gasteiger partial charge in [-0.05, 0) is 65.3 Å². The minimum atomic E-state index is -0.238. The van der Waals surface area contributed by atoms with Crippen LogP contribution in [-0.2, 0) is 0 Å². The van der Waals surface area contributed by atoms with Crippen molar-refractivity contribution in [2.24, 2.45) is 11.8 Å². The van der Waals surface area contributed by atoms with E-state index in [4.69, 9.17) is 12.2 Å². The van der Waals surface area contributed by atoms with Crippen LogP contribution in [0.3, 0.4) is 0 Å². The molecule has 0 radical (unpaired) electrons. The van der Waals surface area contributed by atoms with Gasteiger partial charge in [-0.15, -0.1) is 0 Å². The van der Waals surface area contributed by atoms with Crippen LogP contribution in [-0.4, -0.2) is 9.55 Å². The summed E-state index contributed by atoms with van der Waals surface area (Å²) in [5, 5.41) is 0. The number of imidazole rings is 1. The Labute approximate surface area is 131 Å². The van der Waals surface area contributed by atoms with E-state index in [0.717, 1.165) is 29.8 Å². The van der Waals surface area contributed by atoms with Crippen LogP contribution in [0.15, 0.2) is 16.6 Å². The van der Waals surface area contributed by atoms with Gasteiger partial charge in [0.1, 0.15) is 5.82 Å². The molecule has 0 bridgehead atoms. The summed E-state index contributed by atoms with van der Waals surface area (Å²) in [4.78, 5) is 3.20. The molecule has 1 aliphatic rings. The highest BCUT2D eigenvalue weighted by Crippen LogP contribution is 2.38. The molecule has 0 aliphatic heterocycles. The molecular formula is C15H18BrFN2S. The van der Waals surface area contributed by atoms with E-state index in [1.54, 1.807) is 12.1 Å². The first-order valence-corrected chi connectivity index (χ1v) is 8.26. The fourth-order valence-corrected chi connectivity index (χ4v) is 3.94. The molecule has 3 unspecified atom stereocenters. The molecule has 1 saturated carbocycles. The second-order valence-corrected chi connectivity index (χ2v) is 7.25. The Hall–Kier alpha value is -0.680. The number of halogens is 2. The summed E-state index contributed by atoms with van der Waals surface area (Å²) in [6, 6.07) is 3.73. The number of rotatable bonds is 1. The van der Waals surface area contributed by atoms with Gasteiger partial charge in [0.15, 0.2) is 4.77 Å². The van der Waals surface area contributed by atoms with Crippen LogP contribution in [0, 0.1) is 22.4 Å². The van der Waals surface area contributed by atoms with Gasteiger partial charge in [-0.25, -0.2) is 4.39 Å². The predicted molar refractivity (Wildman–Crippen MR) is 86.0 cm³/mol. The molecule has 108 valence electrons. The van der Waals surface area contributed by atoms with E-state index in [9.17, 15) is 4.39 Å². The standard InChI is InChI=1S/C15H18BrFN2S/c1-8-3-4-10(5-9(8)2)19-14-7-12(17)11(16)6-13(14)18-15(19)20/h6-10H,3-5H2,1-2H3,(H,18,20). The second kappa shape index (κ2) is 5.26. The van der Waals surface area contributed by atoms with Crippen molar-refractivity contribution in [3.63, 3.8) is 0 Å². The molecule has 0 saturated heterocycles. The third kappa shape index (κ3) is 2.35. The molecule has 1 aromatic heterocycles. The first kappa shape index (κ1) is 14.3. The average Bonchev–Trinajstić information content (AvgIpc) is 2.69. The molecule has 1 aromatic carbocycles. The predicted octanol–water partition coefficient (Wildman–Crippen LogP) is 5.60. The van der Waals surface area contributed by atoms with Crippen LogP contribution in [0.25, 0.3) is 11.0 Å². The topological polar surface area (TPSA) is 20.7 Å². The van der Waals surface area contributed by atoms with E-state index in [-0.39, 0.29) is 5.82 Å². The molecule has 0 spiro atoms. The Kier molecular flexibility index (Phi) is 3.75. The minimum absolute atomic E-state index is 0.238. The van der Waals surface area contributed by atoms with Crippen molar-refractivity contribution in [2.75, 3.05) is 0 Å². The summed E-state index contributed by atoms with van der Waals surface area (Å²) in [6.07, 6.45) is 3.43. The fourth-order valence-electron chi connectivity index (χ4n) is 3.24. The molecule has 1 fully saturated rings. The van der Waals surface area contributed by atoms with E-state index < -0.39 is 0 Å². The van der Waals surface area contributed by atoms with Gasteiger partial charge in [0.2, 0.25) is 0 Å². The van der Waals surface area contributed by atoms with Crippen molar-refractivity contribution in [3.05, 3.63) is 27.2 Å². The number of benzene rings is 1. The number of nitrogens with one attached hydrogen (secondary N) is 1. The molecular weight excluding hydrogens is 339 g/mol. The number of fused-ring (bicyclic) bond motifs is 1. The van der Waals surface area contributed by atoms with Crippen LogP contribution in [0.4, 0.5) is 4.39 Å². The van der Waals surface area contributed by atoms with Crippen molar-refractivity contribution >= 4 is 39.2 Å². The quantitative estimate of drug-likeness (QED) is 0.659. The van der Waals surface area contributed by atoms with Gasteiger partial charge < -0.3 is 9.55 Å². The molecule has 5 heteroatoms. The Bertz CT molecular complexity index is 706. The largest absolute Gasteiger partial charge is 0.331 e. The SMILES string of the molecule is CC1CCC(n2c(=S)[nH]c3cc(Br)c(F)cc32)CC1C. The zero-order valence-corrected chi connectivity index (χ0v) is 14.0. The lowest BCUT2D eigenvalue weighted by molar-refractivity contribution is 0.212. The molecule has 3 rings (SSSR count). The summed E-state index contributed by atoms with van der Waals surface area (Å²) < 4.78 is 17.1. The maximum atomic E-state index is 13.8. The van der Waals surface area contributed by atoms with Crippen LogP contribution in [0.1, 0.15) is 39.2 Å². The monoisotopic (exact) mass is 356 g/mol. The smallest absolute Gasteiger partial charge is 0.178 e. The summed E-state index contributed by atoms with van der Waals surface area (Å²) in [6.45, 7) is 4.61. The molecule has 1 N–H and O–H groups in total. The summed E-state index contributed by atoms with van der Waals surface area (Å²) >= 11 is 8.68. The summed E-state index contributed by atoms with van der Waals surface area (Å²) in [5.74, 6) is 1.20. The zero-order chi connectivity index (χ0) is 14.4.